The highest BCUT2D eigenvalue weighted by molar-refractivity contribution is 6.33. The number of halogens is 4. The quantitative estimate of drug-likeness (QED) is 0.567. The number of amides is 1. The molecule has 0 spiro atoms. The van der Waals surface area contributed by atoms with Gasteiger partial charge in [-0.25, -0.2) is 4.98 Å². The lowest BCUT2D eigenvalue weighted by molar-refractivity contribution is -0.138. The van der Waals surface area contributed by atoms with E-state index in [4.69, 9.17) is 20.8 Å². The molecule has 168 valence electrons. The normalized spacial score (nSPS) is 14.5. The molecule has 12 heteroatoms. The maximum absolute atomic E-state index is 12.8. The molecule has 3 heterocycles. The first-order valence-electron chi connectivity index (χ1n) is 9.58. The fraction of sp³-hybridized carbons (Fsp3) is 0.300. The maximum atomic E-state index is 12.8. The van der Waals surface area contributed by atoms with Crippen molar-refractivity contribution < 1.29 is 27.1 Å². The van der Waals surface area contributed by atoms with Crippen LogP contribution in [0.15, 0.2) is 47.0 Å². The van der Waals surface area contributed by atoms with Crippen molar-refractivity contribution in [3.63, 3.8) is 0 Å². The van der Waals surface area contributed by atoms with Gasteiger partial charge in [0.1, 0.15) is 5.82 Å². The van der Waals surface area contributed by atoms with Crippen LogP contribution in [0.3, 0.4) is 0 Å². The van der Waals surface area contributed by atoms with E-state index in [0.717, 1.165) is 17.8 Å². The Morgan fingerprint density at radius 1 is 1.12 bits per heavy atom. The fourth-order valence-electron chi connectivity index (χ4n) is 3.17. The lowest BCUT2D eigenvalue weighted by atomic mass is 10.2. The second kappa shape index (κ2) is 9.03. The summed E-state index contributed by atoms with van der Waals surface area (Å²) in [5, 5.41) is 7.57. The number of hydrogen-bond donors (Lipinski definition) is 0. The number of rotatable bonds is 5. The standard InChI is InChI=1S/C20H17ClF3N5O3/c21-15-10-14(20(22,23)24)11-25-17(15)29-8-6-28(7-9-29)16(30)12-31-19-27-26-18(32-19)13-4-2-1-3-5-13/h1-5,10-11H,6-9,12H2. The molecule has 0 radical (unpaired) electrons. The zero-order valence-electron chi connectivity index (χ0n) is 16.5. The summed E-state index contributed by atoms with van der Waals surface area (Å²) in [5.41, 5.74) is -0.179. The van der Waals surface area contributed by atoms with Crippen molar-refractivity contribution in [2.24, 2.45) is 0 Å². The Morgan fingerprint density at radius 3 is 2.50 bits per heavy atom. The molecular weight excluding hydrogens is 451 g/mol. The van der Waals surface area contributed by atoms with Crippen molar-refractivity contribution in [3.05, 3.63) is 53.2 Å². The Bertz CT molecular complexity index is 1090. The van der Waals surface area contributed by atoms with Gasteiger partial charge in [-0.1, -0.05) is 34.9 Å². The number of aromatic nitrogens is 3. The fourth-order valence-corrected chi connectivity index (χ4v) is 3.45. The van der Waals surface area contributed by atoms with Gasteiger partial charge in [-0.15, -0.1) is 5.10 Å². The van der Waals surface area contributed by atoms with Crippen LogP contribution in [0, 0.1) is 0 Å². The predicted octanol–water partition coefficient (Wildman–Crippen LogP) is 3.53. The van der Waals surface area contributed by atoms with E-state index in [2.05, 4.69) is 15.2 Å². The molecule has 8 nitrogen and oxygen atoms in total. The number of nitrogens with zero attached hydrogens (tertiary/aromatic N) is 5. The molecule has 1 saturated heterocycles. The van der Waals surface area contributed by atoms with Gasteiger partial charge < -0.3 is 19.0 Å². The number of pyridine rings is 1. The van der Waals surface area contributed by atoms with Crippen molar-refractivity contribution in [1.82, 2.24) is 20.1 Å². The molecule has 0 aliphatic carbocycles. The van der Waals surface area contributed by atoms with E-state index in [1.54, 1.807) is 21.9 Å². The van der Waals surface area contributed by atoms with Crippen molar-refractivity contribution in [3.8, 4) is 17.5 Å². The van der Waals surface area contributed by atoms with E-state index in [0.29, 0.717) is 26.2 Å². The first-order chi connectivity index (χ1) is 15.3. The Kier molecular flexibility index (Phi) is 6.17. The van der Waals surface area contributed by atoms with E-state index in [9.17, 15) is 18.0 Å². The molecule has 1 aliphatic rings. The SMILES string of the molecule is O=C(COc1nnc(-c2ccccc2)o1)N1CCN(c2ncc(C(F)(F)F)cc2Cl)CC1. The largest absolute Gasteiger partial charge is 0.439 e. The van der Waals surface area contributed by atoms with Crippen LogP contribution in [0.25, 0.3) is 11.5 Å². The van der Waals surface area contributed by atoms with E-state index in [1.165, 1.54) is 0 Å². The van der Waals surface area contributed by atoms with Crippen LogP contribution >= 0.6 is 11.6 Å². The van der Waals surface area contributed by atoms with Crippen LogP contribution in [-0.2, 0) is 11.0 Å². The Labute approximate surface area is 185 Å². The summed E-state index contributed by atoms with van der Waals surface area (Å²) in [6.07, 6.45) is -3.88. The summed E-state index contributed by atoms with van der Waals surface area (Å²) in [6.45, 7) is 1.11. The van der Waals surface area contributed by atoms with Crippen LogP contribution in [0.4, 0.5) is 19.0 Å². The number of hydrogen-bond acceptors (Lipinski definition) is 7. The van der Waals surface area contributed by atoms with Gasteiger partial charge in [0.25, 0.3) is 11.8 Å². The summed E-state index contributed by atoms with van der Waals surface area (Å²) in [7, 11) is 0. The molecular formula is C20H17ClF3N5O3. The zero-order valence-corrected chi connectivity index (χ0v) is 17.3. The van der Waals surface area contributed by atoms with Crippen molar-refractivity contribution in [1.29, 1.82) is 0 Å². The topological polar surface area (TPSA) is 84.6 Å². The Morgan fingerprint density at radius 2 is 1.84 bits per heavy atom. The smallest absolute Gasteiger partial charge is 0.417 e. The van der Waals surface area contributed by atoms with E-state index < -0.39 is 11.7 Å². The van der Waals surface area contributed by atoms with Gasteiger partial charge in [-0.3, -0.25) is 4.79 Å². The molecule has 1 amide bonds. The van der Waals surface area contributed by atoms with Crippen LogP contribution in [0.1, 0.15) is 5.56 Å². The van der Waals surface area contributed by atoms with Crippen LogP contribution < -0.4 is 9.64 Å². The molecule has 0 unspecified atom stereocenters. The van der Waals surface area contributed by atoms with Crippen molar-refractivity contribution >= 4 is 23.3 Å². The van der Waals surface area contributed by atoms with Gasteiger partial charge in [0.15, 0.2) is 6.61 Å². The van der Waals surface area contributed by atoms with Crippen molar-refractivity contribution in [2.45, 2.75) is 6.18 Å². The number of carbonyl (C=O) groups is 1. The Hall–Kier alpha value is -3.34. The summed E-state index contributed by atoms with van der Waals surface area (Å²) in [6, 6.07) is 9.98. The number of alkyl halides is 3. The van der Waals surface area contributed by atoms with E-state index >= 15 is 0 Å². The molecule has 2 aromatic heterocycles. The van der Waals surface area contributed by atoms with Crippen LogP contribution in [0.2, 0.25) is 5.02 Å². The van der Waals surface area contributed by atoms with Gasteiger partial charge in [0.2, 0.25) is 0 Å². The molecule has 4 rings (SSSR count). The van der Waals surface area contributed by atoms with Gasteiger partial charge in [0.05, 0.1) is 10.6 Å². The third-order valence-corrected chi connectivity index (χ3v) is 5.11. The summed E-state index contributed by atoms with van der Waals surface area (Å²) in [4.78, 5) is 19.6. The minimum Gasteiger partial charge on any atom is -0.439 e. The number of benzene rings is 1. The third kappa shape index (κ3) is 4.93. The minimum absolute atomic E-state index is 0.0893. The average Bonchev–Trinajstić information content (AvgIpc) is 3.27. The number of carbonyl (C=O) groups excluding carboxylic acids is 1. The van der Waals surface area contributed by atoms with Gasteiger partial charge in [-0.05, 0) is 18.2 Å². The number of anilines is 1. The van der Waals surface area contributed by atoms with Crippen LogP contribution in [0.5, 0.6) is 6.08 Å². The number of piperazine rings is 1. The summed E-state index contributed by atoms with van der Waals surface area (Å²) >= 11 is 6.00. The highest BCUT2D eigenvalue weighted by Gasteiger charge is 2.32. The van der Waals surface area contributed by atoms with Crippen LogP contribution in [-0.4, -0.2) is 58.8 Å². The van der Waals surface area contributed by atoms with Gasteiger partial charge >= 0.3 is 12.3 Å². The Balaban J connectivity index is 1.29. The van der Waals surface area contributed by atoms with Gasteiger partial charge in [-0.2, -0.15) is 13.2 Å². The second-order valence-electron chi connectivity index (χ2n) is 6.92. The van der Waals surface area contributed by atoms with E-state index in [1.807, 2.05) is 18.2 Å². The molecule has 32 heavy (non-hydrogen) atoms. The number of ether oxygens (including phenoxy) is 1. The first-order valence-corrected chi connectivity index (χ1v) is 9.96. The predicted molar refractivity (Wildman–Crippen MR) is 108 cm³/mol. The zero-order chi connectivity index (χ0) is 22.7. The molecule has 0 N–H and O–H groups in total. The van der Waals surface area contributed by atoms with Crippen molar-refractivity contribution in [2.75, 3.05) is 37.7 Å². The highest BCUT2D eigenvalue weighted by atomic mass is 35.5. The summed E-state index contributed by atoms with van der Waals surface area (Å²) in [5.74, 6) is 0.250. The maximum Gasteiger partial charge on any atom is 0.417 e. The highest BCUT2D eigenvalue weighted by Crippen LogP contribution is 2.33. The second-order valence-corrected chi connectivity index (χ2v) is 7.33. The third-order valence-electron chi connectivity index (χ3n) is 4.83. The molecule has 1 aromatic carbocycles. The van der Waals surface area contributed by atoms with E-state index in [-0.39, 0.29) is 35.3 Å². The lowest BCUT2D eigenvalue weighted by Crippen LogP contribution is -2.50. The lowest BCUT2D eigenvalue weighted by Gasteiger charge is -2.35. The molecule has 0 atom stereocenters. The first kappa shape index (κ1) is 21.9. The monoisotopic (exact) mass is 467 g/mol. The molecule has 0 saturated carbocycles. The molecule has 1 aliphatic heterocycles. The molecule has 0 bridgehead atoms. The molecule has 3 aromatic rings. The molecule has 1 fully saturated rings. The van der Waals surface area contributed by atoms with Gasteiger partial charge in [0, 0.05) is 37.9 Å². The minimum atomic E-state index is -4.51. The summed E-state index contributed by atoms with van der Waals surface area (Å²) < 4.78 is 49.1. The average molecular weight is 468 g/mol.